The number of nitrogens with zero attached hydrogens (tertiary/aromatic N) is 1. The van der Waals surface area contributed by atoms with Crippen LogP contribution in [0.3, 0.4) is 0 Å². The first-order chi connectivity index (χ1) is 9.01. The lowest BCUT2D eigenvalue weighted by Gasteiger charge is -2.09. The van der Waals surface area contributed by atoms with Crippen LogP contribution in [0.5, 0.6) is 0 Å². The first kappa shape index (κ1) is 14.1. The van der Waals surface area contributed by atoms with Gasteiger partial charge in [0.25, 0.3) is 11.1 Å². The quantitative estimate of drug-likeness (QED) is 0.445. The van der Waals surface area contributed by atoms with E-state index in [1.807, 2.05) is 22.6 Å². The molecule has 0 atom stereocenters. The molecule has 0 saturated carbocycles. The van der Waals surface area contributed by atoms with Gasteiger partial charge in [-0.15, -0.1) is 0 Å². The van der Waals surface area contributed by atoms with E-state index in [2.05, 4.69) is 4.74 Å². The summed E-state index contributed by atoms with van der Waals surface area (Å²) in [5, 5.41) is -0.497. The zero-order valence-corrected chi connectivity index (χ0v) is 12.7. The fourth-order valence-electron chi connectivity index (χ4n) is 1.37. The van der Waals surface area contributed by atoms with Crippen molar-refractivity contribution in [2.24, 2.45) is 0 Å². The van der Waals surface area contributed by atoms with Crippen LogP contribution in [-0.2, 0) is 14.3 Å². The number of methoxy groups -OCH3 is 1. The van der Waals surface area contributed by atoms with Crippen molar-refractivity contribution in [2.45, 2.75) is 0 Å². The van der Waals surface area contributed by atoms with Crippen LogP contribution in [0.4, 0.5) is 4.79 Å². The lowest BCUT2D eigenvalue weighted by Crippen LogP contribution is -2.34. The third-order valence-electron chi connectivity index (χ3n) is 2.26. The summed E-state index contributed by atoms with van der Waals surface area (Å²) < 4.78 is 10.4. The Hall–Kier alpha value is -1.29. The van der Waals surface area contributed by atoms with E-state index < -0.39 is 17.1 Å². The van der Waals surface area contributed by atoms with Gasteiger partial charge in [0.2, 0.25) is 0 Å². The summed E-state index contributed by atoms with van der Waals surface area (Å²) in [6.07, 6.45) is 1.48. The van der Waals surface area contributed by atoms with E-state index in [-0.39, 0.29) is 11.4 Å². The van der Waals surface area contributed by atoms with Gasteiger partial charge in [-0.25, -0.2) is 0 Å². The molecule has 19 heavy (non-hydrogen) atoms. The molecule has 0 aromatic carbocycles. The molecule has 2 heterocycles. The van der Waals surface area contributed by atoms with Gasteiger partial charge >= 0.3 is 5.97 Å². The van der Waals surface area contributed by atoms with E-state index >= 15 is 0 Å². The van der Waals surface area contributed by atoms with Crippen LogP contribution >= 0.6 is 34.4 Å². The molecule has 1 aromatic heterocycles. The number of esters is 1. The zero-order chi connectivity index (χ0) is 14.0. The SMILES string of the molecule is COC(=O)CN1C(=O)S/C(=C\c2ccc(I)o2)C1=O. The molecule has 1 aliphatic rings. The maximum atomic E-state index is 11.9. The first-order valence-electron chi connectivity index (χ1n) is 5.09. The molecule has 6 nitrogen and oxygen atoms in total. The third-order valence-corrected chi connectivity index (χ3v) is 3.74. The molecule has 1 saturated heterocycles. The minimum Gasteiger partial charge on any atom is -0.468 e. The number of thioether (sulfide) groups is 1. The van der Waals surface area contributed by atoms with E-state index in [0.29, 0.717) is 9.53 Å². The molecule has 0 radical (unpaired) electrons. The summed E-state index contributed by atoms with van der Waals surface area (Å²) in [6.45, 7) is -0.381. The molecule has 2 rings (SSSR count). The molecule has 2 amide bonds. The number of carbonyl (C=O) groups excluding carboxylic acids is 3. The van der Waals surface area contributed by atoms with Gasteiger partial charge in [-0.3, -0.25) is 19.3 Å². The number of furan rings is 1. The Bertz CT molecular complexity index is 579. The predicted molar refractivity (Wildman–Crippen MR) is 76.1 cm³/mol. The Morgan fingerprint density at radius 3 is 2.84 bits per heavy atom. The molecule has 100 valence electrons. The number of hydrogen-bond donors (Lipinski definition) is 0. The molecule has 0 unspecified atom stereocenters. The van der Waals surface area contributed by atoms with Gasteiger partial charge in [-0.05, 0) is 46.5 Å². The second-order valence-corrected chi connectivity index (χ2v) is 5.54. The fourth-order valence-corrected chi connectivity index (χ4v) is 2.62. The van der Waals surface area contributed by atoms with Gasteiger partial charge in [-0.1, -0.05) is 0 Å². The largest absolute Gasteiger partial charge is 0.468 e. The average molecular weight is 393 g/mol. The number of carbonyl (C=O) groups is 3. The van der Waals surface area contributed by atoms with Crippen LogP contribution in [0.1, 0.15) is 5.76 Å². The minimum absolute atomic E-state index is 0.222. The number of hydrogen-bond acceptors (Lipinski definition) is 6. The maximum Gasteiger partial charge on any atom is 0.325 e. The Balaban J connectivity index is 2.18. The molecular weight excluding hydrogens is 385 g/mol. The number of ether oxygens (including phenoxy) is 1. The molecule has 0 bridgehead atoms. The van der Waals surface area contributed by atoms with Crippen molar-refractivity contribution in [3.63, 3.8) is 0 Å². The highest BCUT2D eigenvalue weighted by Crippen LogP contribution is 2.32. The normalized spacial score (nSPS) is 17.4. The molecule has 1 aliphatic heterocycles. The molecule has 1 aromatic rings. The van der Waals surface area contributed by atoms with E-state index in [9.17, 15) is 14.4 Å². The van der Waals surface area contributed by atoms with Crippen LogP contribution in [0.25, 0.3) is 6.08 Å². The minimum atomic E-state index is -0.643. The summed E-state index contributed by atoms with van der Waals surface area (Å²) in [5.74, 6) is -0.684. The summed E-state index contributed by atoms with van der Waals surface area (Å²) in [6, 6.07) is 3.43. The van der Waals surface area contributed by atoms with Crippen LogP contribution < -0.4 is 0 Å². The van der Waals surface area contributed by atoms with Gasteiger partial charge in [0.15, 0.2) is 3.77 Å². The molecule has 0 N–H and O–H groups in total. The monoisotopic (exact) mass is 393 g/mol. The van der Waals surface area contributed by atoms with Crippen LogP contribution in [0.15, 0.2) is 21.5 Å². The zero-order valence-electron chi connectivity index (χ0n) is 9.71. The van der Waals surface area contributed by atoms with Crippen LogP contribution in [0, 0.1) is 3.77 Å². The lowest BCUT2D eigenvalue weighted by atomic mass is 10.3. The van der Waals surface area contributed by atoms with Crippen molar-refractivity contribution in [3.05, 3.63) is 26.6 Å². The molecule has 8 heteroatoms. The van der Waals surface area contributed by atoms with E-state index in [0.717, 1.165) is 16.7 Å². The third kappa shape index (κ3) is 3.18. The molecule has 0 aliphatic carbocycles. The average Bonchev–Trinajstić information content (AvgIpc) is 2.88. The maximum absolute atomic E-state index is 11.9. The van der Waals surface area contributed by atoms with Gasteiger partial charge in [0, 0.05) is 6.08 Å². The molecule has 0 spiro atoms. The van der Waals surface area contributed by atoms with Crippen LogP contribution in [-0.4, -0.2) is 35.7 Å². The Morgan fingerprint density at radius 2 is 2.26 bits per heavy atom. The van der Waals surface area contributed by atoms with E-state index in [1.165, 1.54) is 13.2 Å². The number of imide groups is 1. The van der Waals surface area contributed by atoms with Crippen molar-refractivity contribution >= 4 is 57.5 Å². The summed E-state index contributed by atoms with van der Waals surface area (Å²) in [5.41, 5.74) is 0. The van der Waals surface area contributed by atoms with E-state index in [4.69, 9.17) is 4.42 Å². The smallest absolute Gasteiger partial charge is 0.325 e. The van der Waals surface area contributed by atoms with Crippen molar-refractivity contribution in [2.75, 3.05) is 13.7 Å². The first-order valence-corrected chi connectivity index (χ1v) is 6.98. The van der Waals surface area contributed by atoms with Crippen molar-refractivity contribution < 1.29 is 23.5 Å². The summed E-state index contributed by atoms with van der Waals surface area (Å²) >= 11 is 2.76. The number of rotatable bonds is 3. The highest BCUT2D eigenvalue weighted by atomic mass is 127. The second-order valence-electron chi connectivity index (χ2n) is 3.49. The predicted octanol–water partition coefficient (Wildman–Crippen LogP) is 2.09. The summed E-state index contributed by atoms with van der Waals surface area (Å²) in [7, 11) is 1.20. The van der Waals surface area contributed by atoms with E-state index in [1.54, 1.807) is 12.1 Å². The van der Waals surface area contributed by atoms with Gasteiger partial charge < -0.3 is 9.15 Å². The number of halogens is 1. The Labute approximate surface area is 126 Å². The number of amides is 2. The van der Waals surface area contributed by atoms with Crippen molar-refractivity contribution in [1.29, 1.82) is 0 Å². The van der Waals surface area contributed by atoms with Crippen molar-refractivity contribution in [3.8, 4) is 0 Å². The highest BCUT2D eigenvalue weighted by molar-refractivity contribution is 14.1. The standard InChI is InChI=1S/C11H8INO5S/c1-17-9(14)5-13-10(15)7(19-11(13)16)4-6-2-3-8(12)18-6/h2-4H,5H2,1H3/b7-4-. The second kappa shape index (κ2) is 5.78. The molecule has 1 fully saturated rings. The highest BCUT2D eigenvalue weighted by Gasteiger charge is 2.36. The molecular formula is C11H8INO5S. The van der Waals surface area contributed by atoms with Gasteiger partial charge in [0.1, 0.15) is 12.3 Å². The Kier molecular flexibility index (Phi) is 4.30. The fraction of sp³-hybridized carbons (Fsp3) is 0.182. The lowest BCUT2D eigenvalue weighted by molar-refractivity contribution is -0.143. The Morgan fingerprint density at radius 1 is 1.53 bits per heavy atom. The topological polar surface area (TPSA) is 76.8 Å². The summed E-state index contributed by atoms with van der Waals surface area (Å²) in [4.78, 5) is 35.7. The van der Waals surface area contributed by atoms with Crippen LogP contribution in [0.2, 0.25) is 0 Å². The van der Waals surface area contributed by atoms with Gasteiger partial charge in [0.05, 0.1) is 12.0 Å². The van der Waals surface area contributed by atoms with Gasteiger partial charge in [-0.2, -0.15) is 0 Å². The van der Waals surface area contributed by atoms with Crippen molar-refractivity contribution in [1.82, 2.24) is 4.90 Å².